The predicted octanol–water partition coefficient (Wildman–Crippen LogP) is 3.45. The molecule has 24 heavy (non-hydrogen) atoms. The molecule has 0 saturated heterocycles. The number of hydrogen-bond donors (Lipinski definition) is 2. The van der Waals surface area contributed by atoms with E-state index in [0.29, 0.717) is 13.2 Å². The second-order valence-electron chi connectivity index (χ2n) is 5.79. The van der Waals surface area contributed by atoms with Crippen LogP contribution in [0.4, 0.5) is 4.79 Å². The molecule has 1 amide bonds. The van der Waals surface area contributed by atoms with Crippen molar-refractivity contribution in [2.45, 2.75) is 12.5 Å². The van der Waals surface area contributed by atoms with E-state index >= 15 is 0 Å². The van der Waals surface area contributed by atoms with Crippen LogP contribution in [0.25, 0.3) is 11.1 Å². The third-order valence-electron chi connectivity index (χ3n) is 4.34. The lowest BCUT2D eigenvalue weighted by molar-refractivity contribution is 0.142. The minimum atomic E-state index is -0.418. The molecule has 0 saturated carbocycles. The Balaban J connectivity index is 1.45. The number of ether oxygens (including phenoxy) is 1. The summed E-state index contributed by atoms with van der Waals surface area (Å²) >= 11 is 0. The van der Waals surface area contributed by atoms with Gasteiger partial charge in [0.2, 0.25) is 0 Å². The maximum absolute atomic E-state index is 12.0. The summed E-state index contributed by atoms with van der Waals surface area (Å²) in [5.74, 6) is 0.0806. The van der Waals surface area contributed by atoms with Crippen molar-refractivity contribution in [3.63, 3.8) is 0 Å². The van der Waals surface area contributed by atoms with Crippen LogP contribution in [0.5, 0.6) is 0 Å². The van der Waals surface area contributed by atoms with Crippen LogP contribution in [-0.2, 0) is 11.3 Å². The van der Waals surface area contributed by atoms with Crippen molar-refractivity contribution in [2.75, 3.05) is 6.61 Å². The molecule has 0 unspecified atom stereocenters. The van der Waals surface area contributed by atoms with E-state index in [2.05, 4.69) is 39.8 Å². The summed E-state index contributed by atoms with van der Waals surface area (Å²) in [6.07, 6.45) is 2.99. The highest BCUT2D eigenvalue weighted by atomic mass is 16.5. The third-order valence-corrected chi connectivity index (χ3v) is 4.34. The highest BCUT2D eigenvalue weighted by molar-refractivity contribution is 5.79. The number of carbonyl (C=O) groups is 1. The molecule has 1 heterocycles. The minimum Gasteiger partial charge on any atom is -0.449 e. The number of H-pyrrole nitrogens is 1. The number of benzene rings is 2. The molecule has 120 valence electrons. The van der Waals surface area contributed by atoms with Gasteiger partial charge in [0.05, 0.1) is 6.20 Å². The number of aromatic amines is 1. The molecule has 0 atom stereocenters. The first-order valence-electron chi connectivity index (χ1n) is 7.89. The van der Waals surface area contributed by atoms with Crippen LogP contribution in [0.15, 0.2) is 60.9 Å². The van der Waals surface area contributed by atoms with Crippen molar-refractivity contribution in [2.24, 2.45) is 0 Å². The summed E-state index contributed by atoms with van der Waals surface area (Å²) in [5, 5.41) is 9.29. The van der Waals surface area contributed by atoms with Crippen LogP contribution in [0, 0.1) is 0 Å². The molecule has 0 radical (unpaired) electrons. The Morgan fingerprint density at radius 2 is 1.75 bits per heavy atom. The van der Waals surface area contributed by atoms with E-state index in [1.54, 1.807) is 12.4 Å². The lowest BCUT2D eigenvalue weighted by atomic mass is 9.98. The molecule has 5 nitrogen and oxygen atoms in total. The predicted molar refractivity (Wildman–Crippen MR) is 90.5 cm³/mol. The largest absolute Gasteiger partial charge is 0.449 e. The van der Waals surface area contributed by atoms with E-state index in [1.165, 1.54) is 22.3 Å². The van der Waals surface area contributed by atoms with Crippen molar-refractivity contribution in [3.05, 3.63) is 77.6 Å². The van der Waals surface area contributed by atoms with Gasteiger partial charge in [-0.15, -0.1) is 0 Å². The first-order chi connectivity index (χ1) is 11.8. The molecule has 2 N–H and O–H groups in total. The topological polar surface area (TPSA) is 67.0 Å². The number of amides is 1. The van der Waals surface area contributed by atoms with Gasteiger partial charge in [-0.25, -0.2) is 4.79 Å². The number of aromatic nitrogens is 2. The van der Waals surface area contributed by atoms with Gasteiger partial charge in [-0.2, -0.15) is 5.10 Å². The van der Waals surface area contributed by atoms with E-state index in [9.17, 15) is 4.79 Å². The van der Waals surface area contributed by atoms with E-state index in [4.69, 9.17) is 4.74 Å². The second kappa shape index (κ2) is 6.20. The molecule has 0 spiro atoms. The lowest BCUT2D eigenvalue weighted by Crippen LogP contribution is -2.25. The van der Waals surface area contributed by atoms with Gasteiger partial charge in [0.25, 0.3) is 0 Å². The highest BCUT2D eigenvalue weighted by Gasteiger charge is 2.28. The van der Waals surface area contributed by atoms with Gasteiger partial charge < -0.3 is 10.1 Å². The average Bonchev–Trinajstić information content (AvgIpc) is 3.25. The van der Waals surface area contributed by atoms with Crippen LogP contribution in [0.2, 0.25) is 0 Å². The second-order valence-corrected chi connectivity index (χ2v) is 5.79. The smallest absolute Gasteiger partial charge is 0.407 e. The average molecular weight is 319 g/mol. The highest BCUT2D eigenvalue weighted by Crippen LogP contribution is 2.44. The van der Waals surface area contributed by atoms with Crippen molar-refractivity contribution >= 4 is 6.09 Å². The Bertz CT molecular complexity index is 813. The fourth-order valence-corrected chi connectivity index (χ4v) is 3.20. The number of carbonyl (C=O) groups excluding carboxylic acids is 1. The van der Waals surface area contributed by atoms with Gasteiger partial charge in [0.15, 0.2) is 0 Å². The van der Waals surface area contributed by atoms with Gasteiger partial charge in [-0.05, 0) is 22.3 Å². The molecule has 2 aromatic carbocycles. The zero-order valence-corrected chi connectivity index (χ0v) is 13.0. The number of hydrogen-bond acceptors (Lipinski definition) is 3. The number of fused-ring (bicyclic) bond motifs is 3. The Morgan fingerprint density at radius 3 is 2.38 bits per heavy atom. The molecule has 0 fully saturated rings. The first kappa shape index (κ1) is 14.5. The SMILES string of the molecule is O=C(NCc1cn[nH]c1)OCC1c2ccccc2-c2ccccc21. The molecular weight excluding hydrogens is 302 g/mol. The van der Waals surface area contributed by atoms with Crippen LogP contribution >= 0.6 is 0 Å². The first-order valence-corrected chi connectivity index (χ1v) is 7.89. The van der Waals surface area contributed by atoms with E-state index in [1.807, 2.05) is 24.3 Å². The standard InChI is InChI=1S/C19H17N3O2/c23-19(20-9-13-10-21-22-11-13)24-12-18-16-7-3-1-5-14(16)15-6-2-4-8-17(15)18/h1-8,10-11,18H,9,12H2,(H,20,23)(H,21,22). The molecule has 5 heteroatoms. The number of alkyl carbamates (subject to hydrolysis) is 1. The van der Waals surface area contributed by atoms with Gasteiger partial charge in [-0.1, -0.05) is 48.5 Å². The summed E-state index contributed by atoms with van der Waals surface area (Å²) in [6.45, 7) is 0.721. The number of nitrogens with one attached hydrogen (secondary N) is 2. The van der Waals surface area contributed by atoms with E-state index in [0.717, 1.165) is 5.56 Å². The number of rotatable bonds is 4. The molecule has 0 aliphatic heterocycles. The Kier molecular flexibility index (Phi) is 3.75. The monoisotopic (exact) mass is 319 g/mol. The Morgan fingerprint density at radius 1 is 1.08 bits per heavy atom. The van der Waals surface area contributed by atoms with E-state index < -0.39 is 6.09 Å². The maximum Gasteiger partial charge on any atom is 0.407 e. The quantitative estimate of drug-likeness (QED) is 0.774. The minimum absolute atomic E-state index is 0.0806. The fraction of sp³-hybridized carbons (Fsp3) is 0.158. The van der Waals surface area contributed by atoms with Crippen LogP contribution in [0.3, 0.4) is 0 Å². The Hall–Kier alpha value is -3.08. The van der Waals surface area contributed by atoms with E-state index in [-0.39, 0.29) is 5.92 Å². The zero-order chi connectivity index (χ0) is 16.4. The zero-order valence-electron chi connectivity index (χ0n) is 13.0. The summed E-state index contributed by atoms with van der Waals surface area (Å²) in [7, 11) is 0. The molecule has 0 bridgehead atoms. The van der Waals surface area contributed by atoms with Crippen LogP contribution in [0.1, 0.15) is 22.6 Å². The van der Waals surface area contributed by atoms with Crippen LogP contribution in [-0.4, -0.2) is 22.9 Å². The summed E-state index contributed by atoms with van der Waals surface area (Å²) in [4.78, 5) is 12.0. The van der Waals surface area contributed by atoms with Crippen molar-refractivity contribution in [1.29, 1.82) is 0 Å². The lowest BCUT2D eigenvalue weighted by Gasteiger charge is -2.14. The normalized spacial score (nSPS) is 12.5. The van der Waals surface area contributed by atoms with Crippen molar-refractivity contribution in [1.82, 2.24) is 15.5 Å². The summed E-state index contributed by atoms with van der Waals surface area (Å²) in [6, 6.07) is 16.6. The molecule has 1 aliphatic carbocycles. The number of nitrogens with zero attached hydrogens (tertiary/aromatic N) is 1. The van der Waals surface area contributed by atoms with Gasteiger partial charge >= 0.3 is 6.09 Å². The van der Waals surface area contributed by atoms with Gasteiger partial charge in [0, 0.05) is 24.2 Å². The molecule has 4 rings (SSSR count). The van der Waals surface area contributed by atoms with Gasteiger partial charge in [-0.3, -0.25) is 5.10 Å². The summed E-state index contributed by atoms with van der Waals surface area (Å²) in [5.41, 5.74) is 5.77. The molecular formula is C19H17N3O2. The van der Waals surface area contributed by atoms with Crippen molar-refractivity contribution in [3.8, 4) is 11.1 Å². The van der Waals surface area contributed by atoms with Crippen LogP contribution < -0.4 is 5.32 Å². The summed E-state index contributed by atoms with van der Waals surface area (Å²) < 4.78 is 5.46. The molecule has 3 aromatic rings. The molecule has 1 aromatic heterocycles. The fourth-order valence-electron chi connectivity index (χ4n) is 3.20. The third kappa shape index (κ3) is 2.65. The maximum atomic E-state index is 12.0. The molecule has 1 aliphatic rings. The Labute approximate surface area is 139 Å². The van der Waals surface area contributed by atoms with Gasteiger partial charge in [0.1, 0.15) is 6.61 Å². The van der Waals surface area contributed by atoms with Crippen molar-refractivity contribution < 1.29 is 9.53 Å².